The van der Waals surface area contributed by atoms with E-state index in [1.807, 2.05) is 24.3 Å². The summed E-state index contributed by atoms with van der Waals surface area (Å²) in [6.07, 6.45) is 9.79. The highest BCUT2D eigenvalue weighted by atomic mass is 16.5. The summed E-state index contributed by atoms with van der Waals surface area (Å²) in [6, 6.07) is 7.95. The van der Waals surface area contributed by atoms with E-state index in [2.05, 4.69) is 26.0 Å². The largest absolute Gasteiger partial charge is 0.497 e. The molecule has 0 saturated heterocycles. The zero-order valence-corrected chi connectivity index (χ0v) is 14.1. The Balaban J connectivity index is 0.00000441. The first-order chi connectivity index (χ1) is 10.1. The lowest BCUT2D eigenvalue weighted by Gasteiger charge is -2.04. The van der Waals surface area contributed by atoms with Crippen molar-refractivity contribution in [1.29, 1.82) is 0 Å². The number of hydrogen-bond acceptors (Lipinski definition) is 2. The van der Waals surface area contributed by atoms with Gasteiger partial charge in [0.2, 0.25) is 0 Å². The molecule has 3 nitrogen and oxygen atoms in total. The maximum Gasteiger partial charge on any atom is 0.133 e. The van der Waals surface area contributed by atoms with E-state index in [1.165, 1.54) is 5.56 Å². The van der Waals surface area contributed by atoms with E-state index in [9.17, 15) is 4.79 Å². The van der Waals surface area contributed by atoms with E-state index in [-0.39, 0.29) is 5.48 Å². The Kier molecular flexibility index (Phi) is 11.1. The summed E-state index contributed by atoms with van der Waals surface area (Å²) in [5, 5.41) is 0. The average molecular weight is 306 g/mol. The number of carbonyl (C=O) groups excluding carboxylic acids is 1. The van der Waals surface area contributed by atoms with Crippen LogP contribution in [0.3, 0.4) is 0 Å². The van der Waals surface area contributed by atoms with E-state index in [0.29, 0.717) is 24.5 Å². The van der Waals surface area contributed by atoms with Crippen LogP contribution in [0.25, 0.3) is 0 Å². The van der Waals surface area contributed by atoms with Gasteiger partial charge in [-0.2, -0.15) is 0 Å². The minimum Gasteiger partial charge on any atom is -0.497 e. The van der Waals surface area contributed by atoms with Crippen molar-refractivity contribution in [3.05, 3.63) is 42.0 Å². The van der Waals surface area contributed by atoms with E-state index >= 15 is 0 Å². The van der Waals surface area contributed by atoms with Gasteiger partial charge >= 0.3 is 0 Å². The van der Waals surface area contributed by atoms with Gasteiger partial charge in [-0.05, 0) is 49.3 Å². The van der Waals surface area contributed by atoms with Gasteiger partial charge in [0, 0.05) is 12.8 Å². The van der Waals surface area contributed by atoms with Gasteiger partial charge in [0.05, 0.1) is 7.11 Å². The molecule has 0 amide bonds. The average Bonchev–Trinajstić information content (AvgIpc) is 2.48. The van der Waals surface area contributed by atoms with Crippen molar-refractivity contribution < 1.29 is 15.0 Å². The molecule has 0 aromatic heterocycles. The molecule has 0 fully saturated rings. The number of aryl methyl sites for hydroxylation is 1. The number of methoxy groups -OCH3 is 1. The van der Waals surface area contributed by atoms with Crippen molar-refractivity contribution in [2.24, 2.45) is 5.92 Å². The standard InChI is InChI=1S/C19H28O2.H2O/c1-16(2)9-6-4-5-7-11-18(20)14-13-17-10-8-12-19(15-17)21-3;/h6,8-10,12,15-16H,4-5,7,11,13-14H2,1-3H3;1H2/b9-6+;. The number of ether oxygens (including phenoxy) is 1. The Labute approximate surface area is 134 Å². The van der Waals surface area contributed by atoms with Crippen molar-refractivity contribution in [2.45, 2.75) is 52.4 Å². The topological polar surface area (TPSA) is 57.8 Å². The van der Waals surface area contributed by atoms with Crippen LogP contribution in [0.1, 0.15) is 51.5 Å². The monoisotopic (exact) mass is 306 g/mol. The molecule has 0 aliphatic carbocycles. The molecule has 0 aliphatic heterocycles. The number of hydrogen-bond donors (Lipinski definition) is 0. The first kappa shape index (κ1) is 20.4. The third-order valence-electron chi connectivity index (χ3n) is 3.42. The first-order valence-corrected chi connectivity index (χ1v) is 7.93. The molecule has 0 aliphatic rings. The number of unbranched alkanes of at least 4 members (excludes halogenated alkanes) is 2. The Morgan fingerprint density at radius 1 is 1.23 bits per heavy atom. The molecule has 0 bridgehead atoms. The van der Waals surface area contributed by atoms with Crippen LogP contribution in [0.2, 0.25) is 0 Å². The zero-order chi connectivity index (χ0) is 15.5. The summed E-state index contributed by atoms with van der Waals surface area (Å²) >= 11 is 0. The maximum atomic E-state index is 11.9. The van der Waals surface area contributed by atoms with E-state index in [1.54, 1.807) is 7.11 Å². The molecule has 0 heterocycles. The molecule has 0 unspecified atom stereocenters. The van der Waals surface area contributed by atoms with Gasteiger partial charge in [-0.1, -0.05) is 38.1 Å². The summed E-state index contributed by atoms with van der Waals surface area (Å²) in [5.41, 5.74) is 1.17. The highest BCUT2D eigenvalue weighted by Gasteiger charge is 2.03. The highest BCUT2D eigenvalue weighted by molar-refractivity contribution is 5.78. The van der Waals surface area contributed by atoms with Gasteiger partial charge in [-0.3, -0.25) is 4.79 Å². The van der Waals surface area contributed by atoms with Crippen molar-refractivity contribution in [2.75, 3.05) is 7.11 Å². The molecule has 1 aromatic carbocycles. The van der Waals surface area contributed by atoms with Crippen molar-refractivity contribution in [3.8, 4) is 5.75 Å². The van der Waals surface area contributed by atoms with Crippen LogP contribution in [-0.2, 0) is 11.2 Å². The molecule has 0 spiro atoms. The SMILES string of the molecule is COc1cccc(CCC(=O)CCCC/C=C/C(C)C)c1.O. The van der Waals surface area contributed by atoms with Gasteiger partial charge < -0.3 is 10.2 Å². The summed E-state index contributed by atoms with van der Waals surface area (Å²) in [6.45, 7) is 4.36. The van der Waals surface area contributed by atoms with Crippen molar-refractivity contribution >= 4 is 5.78 Å². The molecule has 124 valence electrons. The Bertz CT molecular complexity index is 450. The predicted octanol–water partition coefficient (Wildman–Crippen LogP) is 4.14. The zero-order valence-electron chi connectivity index (χ0n) is 14.1. The minimum absolute atomic E-state index is 0. The smallest absolute Gasteiger partial charge is 0.133 e. The number of benzene rings is 1. The fourth-order valence-corrected chi connectivity index (χ4v) is 2.19. The predicted molar refractivity (Wildman–Crippen MR) is 92.4 cm³/mol. The highest BCUT2D eigenvalue weighted by Crippen LogP contribution is 2.14. The second-order valence-electron chi connectivity index (χ2n) is 5.81. The van der Waals surface area contributed by atoms with Gasteiger partial charge in [-0.15, -0.1) is 0 Å². The van der Waals surface area contributed by atoms with E-state index < -0.39 is 0 Å². The molecule has 0 atom stereocenters. The Morgan fingerprint density at radius 2 is 2.00 bits per heavy atom. The van der Waals surface area contributed by atoms with Gasteiger partial charge in [0.25, 0.3) is 0 Å². The summed E-state index contributed by atoms with van der Waals surface area (Å²) in [7, 11) is 1.66. The molecular weight excluding hydrogens is 276 g/mol. The summed E-state index contributed by atoms with van der Waals surface area (Å²) in [4.78, 5) is 11.9. The quantitative estimate of drug-likeness (QED) is 0.482. The number of rotatable bonds is 10. The first-order valence-electron chi connectivity index (χ1n) is 7.93. The fourth-order valence-electron chi connectivity index (χ4n) is 2.19. The fraction of sp³-hybridized carbons (Fsp3) is 0.526. The third-order valence-corrected chi connectivity index (χ3v) is 3.42. The van der Waals surface area contributed by atoms with Gasteiger partial charge in [-0.25, -0.2) is 0 Å². The third kappa shape index (κ3) is 9.35. The van der Waals surface area contributed by atoms with Crippen LogP contribution < -0.4 is 4.74 Å². The normalized spacial score (nSPS) is 10.7. The lowest BCUT2D eigenvalue weighted by atomic mass is 10.0. The van der Waals surface area contributed by atoms with Crippen molar-refractivity contribution in [3.63, 3.8) is 0 Å². The van der Waals surface area contributed by atoms with E-state index in [4.69, 9.17) is 4.74 Å². The van der Waals surface area contributed by atoms with E-state index in [0.717, 1.165) is 31.4 Å². The molecule has 0 saturated carbocycles. The van der Waals surface area contributed by atoms with Crippen LogP contribution in [0.4, 0.5) is 0 Å². The minimum atomic E-state index is 0. The van der Waals surface area contributed by atoms with Crippen LogP contribution in [-0.4, -0.2) is 18.4 Å². The second kappa shape index (κ2) is 12.0. The van der Waals surface area contributed by atoms with Gasteiger partial charge in [0.1, 0.15) is 11.5 Å². The number of ketones is 1. The van der Waals surface area contributed by atoms with Crippen LogP contribution in [0.5, 0.6) is 5.75 Å². The molecule has 0 radical (unpaired) electrons. The summed E-state index contributed by atoms with van der Waals surface area (Å²) < 4.78 is 5.19. The lowest BCUT2D eigenvalue weighted by molar-refractivity contribution is -0.119. The second-order valence-corrected chi connectivity index (χ2v) is 5.81. The summed E-state index contributed by atoms with van der Waals surface area (Å²) in [5.74, 6) is 1.84. The van der Waals surface area contributed by atoms with Crippen molar-refractivity contribution in [1.82, 2.24) is 0 Å². The van der Waals surface area contributed by atoms with Crippen LogP contribution in [0, 0.1) is 5.92 Å². The Morgan fingerprint density at radius 3 is 2.68 bits per heavy atom. The molecule has 1 aromatic rings. The number of allylic oxidation sites excluding steroid dienone is 2. The van der Waals surface area contributed by atoms with Crippen LogP contribution >= 0.6 is 0 Å². The number of Topliss-reactive ketones (excluding diaryl/α,β-unsaturated/α-hetero) is 1. The molecule has 3 heteroatoms. The molecule has 2 N–H and O–H groups in total. The molecular formula is C19H30O3. The van der Waals surface area contributed by atoms with Crippen LogP contribution in [0.15, 0.2) is 36.4 Å². The Hall–Kier alpha value is -1.61. The molecule has 22 heavy (non-hydrogen) atoms. The maximum absolute atomic E-state index is 11.9. The molecule has 1 rings (SSSR count). The van der Waals surface area contributed by atoms with Gasteiger partial charge in [0.15, 0.2) is 0 Å². The lowest BCUT2D eigenvalue weighted by Crippen LogP contribution is -2.00. The number of carbonyl (C=O) groups is 1.